The molecular weight excluding hydrogens is 340 g/mol. The number of halogens is 4. The summed E-state index contributed by atoms with van der Waals surface area (Å²) in [5, 5.41) is 0. The number of benzene rings is 1. The van der Waals surface area contributed by atoms with Crippen LogP contribution in [0.5, 0.6) is 5.88 Å². The third-order valence-electron chi connectivity index (χ3n) is 3.87. The van der Waals surface area contributed by atoms with Gasteiger partial charge in [-0.3, -0.25) is 4.79 Å². The Hall–Kier alpha value is -2.64. The highest BCUT2D eigenvalue weighted by Gasteiger charge is 2.32. The van der Waals surface area contributed by atoms with Crippen LogP contribution < -0.4 is 4.74 Å². The number of carbonyl (C=O) groups is 1. The number of hydrogen-bond donors (Lipinski definition) is 0. The van der Waals surface area contributed by atoms with Crippen molar-refractivity contribution in [1.82, 2.24) is 9.88 Å². The lowest BCUT2D eigenvalue weighted by Crippen LogP contribution is -2.31. The molecule has 2 aromatic rings. The van der Waals surface area contributed by atoms with Crippen LogP contribution in [0.4, 0.5) is 17.6 Å². The van der Waals surface area contributed by atoms with Crippen molar-refractivity contribution in [2.75, 3.05) is 13.1 Å². The summed E-state index contributed by atoms with van der Waals surface area (Å²) in [7, 11) is 0. The third-order valence-corrected chi connectivity index (χ3v) is 3.87. The van der Waals surface area contributed by atoms with Gasteiger partial charge in [-0.2, -0.15) is 13.2 Å². The fraction of sp³-hybridized carbons (Fsp3) is 0.294. The van der Waals surface area contributed by atoms with E-state index < -0.39 is 23.7 Å². The first-order valence-electron chi connectivity index (χ1n) is 7.57. The Morgan fingerprint density at radius 3 is 2.60 bits per heavy atom. The number of nitrogens with zero attached hydrogens (tertiary/aromatic N) is 2. The van der Waals surface area contributed by atoms with E-state index in [0.29, 0.717) is 18.5 Å². The zero-order valence-corrected chi connectivity index (χ0v) is 13.0. The Balaban J connectivity index is 1.63. The van der Waals surface area contributed by atoms with Gasteiger partial charge >= 0.3 is 6.18 Å². The van der Waals surface area contributed by atoms with E-state index in [1.54, 1.807) is 0 Å². The van der Waals surface area contributed by atoms with E-state index in [-0.39, 0.29) is 18.3 Å². The van der Waals surface area contributed by atoms with Gasteiger partial charge in [-0.05, 0) is 30.3 Å². The van der Waals surface area contributed by atoms with E-state index in [1.165, 1.54) is 29.2 Å². The lowest BCUT2D eigenvalue weighted by molar-refractivity contribution is -0.137. The van der Waals surface area contributed by atoms with Gasteiger partial charge in [0.1, 0.15) is 11.9 Å². The molecule has 2 heterocycles. The van der Waals surface area contributed by atoms with Crippen molar-refractivity contribution in [1.29, 1.82) is 0 Å². The average Bonchev–Trinajstić information content (AvgIpc) is 3.03. The number of aromatic nitrogens is 1. The second-order valence-corrected chi connectivity index (χ2v) is 5.67. The number of hydrogen-bond acceptors (Lipinski definition) is 3. The van der Waals surface area contributed by atoms with Crippen LogP contribution in [0, 0.1) is 5.82 Å². The first kappa shape index (κ1) is 17.2. The number of carbonyl (C=O) groups excluding carboxylic acids is 1. The van der Waals surface area contributed by atoms with Crippen molar-refractivity contribution >= 4 is 5.91 Å². The summed E-state index contributed by atoms with van der Waals surface area (Å²) in [6.07, 6.45) is -3.40. The van der Waals surface area contributed by atoms with Crippen molar-refractivity contribution in [2.45, 2.75) is 18.7 Å². The van der Waals surface area contributed by atoms with Gasteiger partial charge in [0.15, 0.2) is 0 Å². The van der Waals surface area contributed by atoms with E-state index in [1.807, 2.05) is 0 Å². The molecule has 0 aliphatic carbocycles. The van der Waals surface area contributed by atoms with Crippen LogP contribution in [-0.2, 0) is 6.18 Å². The van der Waals surface area contributed by atoms with Crippen LogP contribution in [0.1, 0.15) is 22.3 Å². The first-order valence-corrected chi connectivity index (χ1v) is 7.57. The summed E-state index contributed by atoms with van der Waals surface area (Å²) in [4.78, 5) is 17.6. The number of alkyl halides is 3. The minimum Gasteiger partial charge on any atom is -0.472 e. The van der Waals surface area contributed by atoms with Crippen LogP contribution in [0.15, 0.2) is 42.6 Å². The normalized spacial score (nSPS) is 17.6. The van der Waals surface area contributed by atoms with Crippen LogP contribution in [0.25, 0.3) is 0 Å². The average molecular weight is 354 g/mol. The maximum atomic E-state index is 12.9. The molecule has 8 heteroatoms. The Bertz CT molecular complexity index is 762. The van der Waals surface area contributed by atoms with Gasteiger partial charge < -0.3 is 9.64 Å². The molecule has 0 N–H and O–H groups in total. The van der Waals surface area contributed by atoms with Gasteiger partial charge in [0, 0.05) is 30.8 Å². The van der Waals surface area contributed by atoms with E-state index >= 15 is 0 Å². The minimum absolute atomic E-state index is 0.129. The minimum atomic E-state index is -4.47. The highest BCUT2D eigenvalue weighted by atomic mass is 19.4. The van der Waals surface area contributed by atoms with Gasteiger partial charge in [-0.25, -0.2) is 9.37 Å². The fourth-order valence-corrected chi connectivity index (χ4v) is 2.60. The number of ether oxygens (including phenoxy) is 1. The lowest BCUT2D eigenvalue weighted by Gasteiger charge is -2.17. The fourth-order valence-electron chi connectivity index (χ4n) is 2.60. The van der Waals surface area contributed by atoms with Gasteiger partial charge in [0.2, 0.25) is 5.88 Å². The molecule has 0 radical (unpaired) electrons. The molecule has 1 atom stereocenters. The highest BCUT2D eigenvalue weighted by molar-refractivity contribution is 5.94. The van der Waals surface area contributed by atoms with Crippen LogP contribution in [-0.4, -0.2) is 35.0 Å². The number of pyridine rings is 1. The zero-order chi connectivity index (χ0) is 18.0. The summed E-state index contributed by atoms with van der Waals surface area (Å²) in [5.41, 5.74) is -0.492. The number of amides is 1. The molecule has 25 heavy (non-hydrogen) atoms. The predicted octanol–water partition coefficient (Wildman–Crippen LogP) is 3.53. The van der Waals surface area contributed by atoms with Crippen molar-refractivity contribution in [3.05, 3.63) is 59.5 Å². The molecule has 0 saturated carbocycles. The largest absolute Gasteiger partial charge is 0.472 e. The first-order chi connectivity index (χ1) is 11.8. The predicted molar refractivity (Wildman–Crippen MR) is 80.6 cm³/mol. The maximum absolute atomic E-state index is 12.9. The van der Waals surface area contributed by atoms with E-state index in [2.05, 4.69) is 4.98 Å². The summed E-state index contributed by atoms with van der Waals surface area (Å²) < 4.78 is 56.5. The lowest BCUT2D eigenvalue weighted by atomic mass is 10.2. The van der Waals surface area contributed by atoms with E-state index in [0.717, 1.165) is 18.3 Å². The van der Waals surface area contributed by atoms with Gasteiger partial charge in [-0.15, -0.1) is 0 Å². The van der Waals surface area contributed by atoms with Crippen LogP contribution in [0.2, 0.25) is 0 Å². The molecule has 1 amide bonds. The quantitative estimate of drug-likeness (QED) is 0.792. The summed E-state index contributed by atoms with van der Waals surface area (Å²) in [6, 6.07) is 6.88. The van der Waals surface area contributed by atoms with Gasteiger partial charge in [0.25, 0.3) is 5.91 Å². The molecule has 4 nitrogen and oxygen atoms in total. The second-order valence-electron chi connectivity index (χ2n) is 5.67. The molecule has 1 aromatic carbocycles. The van der Waals surface area contributed by atoms with Crippen molar-refractivity contribution < 1.29 is 27.1 Å². The maximum Gasteiger partial charge on any atom is 0.416 e. The van der Waals surface area contributed by atoms with Gasteiger partial charge in [0.05, 0.1) is 12.1 Å². The topological polar surface area (TPSA) is 42.4 Å². The SMILES string of the molecule is O=C(c1ccc(F)cc1)N1CCC(Oc2cc(C(F)(F)F)ccn2)C1. The molecule has 1 aromatic heterocycles. The second kappa shape index (κ2) is 6.70. The molecule has 3 rings (SSSR count). The Morgan fingerprint density at radius 1 is 1.20 bits per heavy atom. The molecule has 1 aliphatic heterocycles. The Morgan fingerprint density at radius 2 is 1.92 bits per heavy atom. The highest BCUT2D eigenvalue weighted by Crippen LogP contribution is 2.31. The Kier molecular flexibility index (Phi) is 4.61. The van der Waals surface area contributed by atoms with E-state index in [9.17, 15) is 22.4 Å². The van der Waals surface area contributed by atoms with Crippen LogP contribution in [0.3, 0.4) is 0 Å². The molecule has 1 aliphatic rings. The molecule has 132 valence electrons. The monoisotopic (exact) mass is 354 g/mol. The number of likely N-dealkylation sites (tertiary alicyclic amines) is 1. The number of rotatable bonds is 3. The van der Waals surface area contributed by atoms with Crippen molar-refractivity contribution in [3.8, 4) is 5.88 Å². The molecular formula is C17H14F4N2O2. The molecule has 0 spiro atoms. The summed E-state index contributed by atoms with van der Waals surface area (Å²) >= 11 is 0. The van der Waals surface area contributed by atoms with Crippen molar-refractivity contribution in [2.24, 2.45) is 0 Å². The molecule has 1 saturated heterocycles. The smallest absolute Gasteiger partial charge is 0.416 e. The van der Waals surface area contributed by atoms with E-state index in [4.69, 9.17) is 4.74 Å². The van der Waals surface area contributed by atoms with Crippen LogP contribution >= 0.6 is 0 Å². The van der Waals surface area contributed by atoms with Gasteiger partial charge in [-0.1, -0.05) is 0 Å². The molecule has 1 fully saturated rings. The third kappa shape index (κ3) is 4.07. The summed E-state index contributed by atoms with van der Waals surface area (Å²) in [6.45, 7) is 0.633. The van der Waals surface area contributed by atoms with Crippen molar-refractivity contribution in [3.63, 3.8) is 0 Å². The zero-order valence-electron chi connectivity index (χ0n) is 13.0. The summed E-state index contributed by atoms with van der Waals surface area (Å²) in [5.74, 6) is -0.839. The standard InChI is InChI=1S/C17H14F4N2O2/c18-13-3-1-11(2-4-13)16(24)23-8-6-14(10-23)25-15-9-12(5-7-22-15)17(19,20)21/h1-5,7,9,14H,6,8,10H2. The molecule has 1 unspecified atom stereocenters. The Labute approximate surface area is 141 Å². The molecule has 0 bridgehead atoms.